The lowest BCUT2D eigenvalue weighted by Gasteiger charge is -2.19. The maximum Gasteiger partial charge on any atom is 0.414 e. The van der Waals surface area contributed by atoms with Gasteiger partial charge in [0.25, 0.3) is 0 Å². The standard InChI is InChI=1S/C6H8BrF3O3/c1-13-4(6(8,9)10)2-3(7)5(11)12/h3-4H,2H2,1H3,(H,11,12). The minimum atomic E-state index is -4.53. The van der Waals surface area contributed by atoms with Gasteiger partial charge in [0, 0.05) is 13.5 Å². The Labute approximate surface area is 81.0 Å². The Morgan fingerprint density at radius 3 is 2.31 bits per heavy atom. The van der Waals surface area contributed by atoms with Crippen molar-refractivity contribution in [3.05, 3.63) is 0 Å². The van der Waals surface area contributed by atoms with Crippen LogP contribution in [-0.2, 0) is 9.53 Å². The number of alkyl halides is 4. The second-order valence-electron chi connectivity index (χ2n) is 2.31. The van der Waals surface area contributed by atoms with E-state index in [0.717, 1.165) is 7.11 Å². The van der Waals surface area contributed by atoms with E-state index in [1.807, 2.05) is 0 Å². The van der Waals surface area contributed by atoms with Crippen LogP contribution in [0.4, 0.5) is 13.2 Å². The molecule has 0 spiro atoms. The highest BCUT2D eigenvalue weighted by atomic mass is 79.9. The van der Waals surface area contributed by atoms with E-state index in [0.29, 0.717) is 0 Å². The molecule has 0 bridgehead atoms. The van der Waals surface area contributed by atoms with E-state index in [-0.39, 0.29) is 0 Å². The zero-order valence-electron chi connectivity index (χ0n) is 6.64. The lowest BCUT2D eigenvalue weighted by molar-refractivity contribution is -0.214. The summed E-state index contributed by atoms with van der Waals surface area (Å²) in [6.07, 6.45) is -7.22. The van der Waals surface area contributed by atoms with Gasteiger partial charge in [-0.25, -0.2) is 0 Å². The van der Waals surface area contributed by atoms with Crippen molar-refractivity contribution in [3.8, 4) is 0 Å². The second-order valence-corrected chi connectivity index (χ2v) is 3.41. The van der Waals surface area contributed by atoms with Crippen molar-refractivity contribution < 1.29 is 27.8 Å². The van der Waals surface area contributed by atoms with E-state index in [9.17, 15) is 18.0 Å². The van der Waals surface area contributed by atoms with Gasteiger partial charge in [-0.3, -0.25) is 4.79 Å². The number of methoxy groups -OCH3 is 1. The average molecular weight is 265 g/mol. The van der Waals surface area contributed by atoms with Crippen molar-refractivity contribution in [2.24, 2.45) is 0 Å². The number of ether oxygens (including phenoxy) is 1. The van der Waals surface area contributed by atoms with Crippen molar-refractivity contribution in [2.75, 3.05) is 7.11 Å². The average Bonchev–Trinajstić information content (AvgIpc) is 1.96. The minimum absolute atomic E-state index is 0.644. The molecule has 0 aliphatic heterocycles. The minimum Gasteiger partial charge on any atom is -0.480 e. The Kier molecular flexibility index (Phi) is 4.69. The van der Waals surface area contributed by atoms with E-state index in [2.05, 4.69) is 20.7 Å². The number of rotatable bonds is 4. The number of halogens is 4. The molecule has 0 saturated heterocycles. The Morgan fingerprint density at radius 1 is 1.62 bits per heavy atom. The molecule has 0 rings (SSSR count). The van der Waals surface area contributed by atoms with E-state index < -0.39 is 29.5 Å². The fourth-order valence-corrected chi connectivity index (χ4v) is 0.992. The van der Waals surface area contributed by atoms with Gasteiger partial charge in [0.15, 0.2) is 6.10 Å². The third-order valence-corrected chi connectivity index (χ3v) is 2.10. The van der Waals surface area contributed by atoms with Crippen molar-refractivity contribution in [1.82, 2.24) is 0 Å². The van der Waals surface area contributed by atoms with Crippen LogP contribution in [0, 0.1) is 0 Å². The number of hydrogen-bond acceptors (Lipinski definition) is 2. The molecule has 0 radical (unpaired) electrons. The van der Waals surface area contributed by atoms with Crippen LogP contribution in [0.25, 0.3) is 0 Å². The van der Waals surface area contributed by atoms with Gasteiger partial charge >= 0.3 is 12.1 Å². The molecule has 0 fully saturated rings. The van der Waals surface area contributed by atoms with Gasteiger partial charge in [-0.2, -0.15) is 13.2 Å². The molecular weight excluding hydrogens is 257 g/mol. The molecule has 2 unspecified atom stereocenters. The molecule has 7 heteroatoms. The molecule has 13 heavy (non-hydrogen) atoms. The third kappa shape index (κ3) is 4.47. The predicted octanol–water partition coefficient (Wildman–Crippen LogP) is 1.80. The molecule has 0 aliphatic carbocycles. The molecule has 1 N–H and O–H groups in total. The Morgan fingerprint density at radius 2 is 2.08 bits per heavy atom. The number of aliphatic carboxylic acids is 1. The SMILES string of the molecule is COC(CC(Br)C(=O)O)C(F)(F)F. The Bertz CT molecular complexity index is 182. The highest BCUT2D eigenvalue weighted by Gasteiger charge is 2.41. The maximum atomic E-state index is 12.0. The maximum absolute atomic E-state index is 12.0. The van der Waals surface area contributed by atoms with Crippen LogP contribution in [0.5, 0.6) is 0 Å². The lowest BCUT2D eigenvalue weighted by atomic mass is 10.2. The van der Waals surface area contributed by atoms with Gasteiger partial charge in [-0.1, -0.05) is 15.9 Å². The van der Waals surface area contributed by atoms with Gasteiger partial charge in [0.2, 0.25) is 0 Å². The van der Waals surface area contributed by atoms with E-state index >= 15 is 0 Å². The fourth-order valence-electron chi connectivity index (χ4n) is 0.652. The third-order valence-electron chi connectivity index (χ3n) is 1.34. The van der Waals surface area contributed by atoms with Gasteiger partial charge in [-0.15, -0.1) is 0 Å². The van der Waals surface area contributed by atoms with Crippen LogP contribution in [0.1, 0.15) is 6.42 Å². The van der Waals surface area contributed by atoms with Crippen LogP contribution in [-0.4, -0.2) is 35.3 Å². The predicted molar refractivity (Wildman–Crippen MR) is 41.8 cm³/mol. The summed E-state index contributed by atoms with van der Waals surface area (Å²) in [4.78, 5) is 8.96. The molecule has 0 heterocycles. The van der Waals surface area contributed by atoms with Crippen LogP contribution in [0.3, 0.4) is 0 Å². The molecule has 0 aromatic heterocycles. The first-order valence-electron chi connectivity index (χ1n) is 3.25. The molecule has 3 nitrogen and oxygen atoms in total. The Hall–Kier alpha value is -0.300. The van der Waals surface area contributed by atoms with Gasteiger partial charge in [-0.05, 0) is 0 Å². The number of hydrogen-bond donors (Lipinski definition) is 1. The zero-order valence-corrected chi connectivity index (χ0v) is 8.22. The topological polar surface area (TPSA) is 46.5 Å². The molecule has 0 aliphatic rings. The molecule has 0 aromatic rings. The van der Waals surface area contributed by atoms with Crippen LogP contribution < -0.4 is 0 Å². The number of carbonyl (C=O) groups is 1. The quantitative estimate of drug-likeness (QED) is 0.788. The smallest absolute Gasteiger partial charge is 0.414 e. The van der Waals surface area contributed by atoms with Crippen molar-refractivity contribution in [3.63, 3.8) is 0 Å². The summed E-state index contributed by atoms with van der Waals surface area (Å²) in [5.41, 5.74) is 0. The highest BCUT2D eigenvalue weighted by molar-refractivity contribution is 9.10. The van der Waals surface area contributed by atoms with Crippen molar-refractivity contribution >= 4 is 21.9 Å². The van der Waals surface area contributed by atoms with Gasteiger partial charge in [0.1, 0.15) is 4.83 Å². The van der Waals surface area contributed by atoms with Gasteiger partial charge in [0.05, 0.1) is 0 Å². The monoisotopic (exact) mass is 264 g/mol. The summed E-state index contributed by atoms with van der Waals surface area (Å²) in [5.74, 6) is -1.34. The summed E-state index contributed by atoms with van der Waals surface area (Å²) in [6.45, 7) is 0. The molecule has 0 amide bonds. The first kappa shape index (κ1) is 12.7. The van der Waals surface area contributed by atoms with E-state index in [1.165, 1.54) is 0 Å². The molecule has 78 valence electrons. The first-order chi connectivity index (χ1) is 5.79. The zero-order chi connectivity index (χ0) is 10.6. The summed E-state index contributed by atoms with van der Waals surface area (Å²) in [5, 5.41) is 8.32. The van der Waals surface area contributed by atoms with Gasteiger partial charge < -0.3 is 9.84 Å². The van der Waals surface area contributed by atoms with E-state index in [1.54, 1.807) is 0 Å². The Balaban J connectivity index is 4.22. The van der Waals surface area contributed by atoms with Crippen LogP contribution >= 0.6 is 15.9 Å². The summed E-state index contributed by atoms with van der Waals surface area (Å²) < 4.78 is 40.1. The van der Waals surface area contributed by atoms with Crippen LogP contribution in [0.15, 0.2) is 0 Å². The number of carboxylic acids is 1. The normalized spacial score (nSPS) is 16.7. The summed E-state index contributed by atoms with van der Waals surface area (Å²) in [6, 6.07) is 0. The summed E-state index contributed by atoms with van der Waals surface area (Å²) >= 11 is 2.60. The van der Waals surface area contributed by atoms with Crippen molar-refractivity contribution in [1.29, 1.82) is 0 Å². The molecule has 0 saturated carbocycles. The molecular formula is C6H8BrF3O3. The fraction of sp³-hybridized carbons (Fsp3) is 0.833. The van der Waals surface area contributed by atoms with Crippen LogP contribution in [0.2, 0.25) is 0 Å². The van der Waals surface area contributed by atoms with E-state index in [4.69, 9.17) is 5.11 Å². The largest absolute Gasteiger partial charge is 0.480 e. The lowest BCUT2D eigenvalue weighted by Crippen LogP contribution is -2.34. The van der Waals surface area contributed by atoms with Crippen molar-refractivity contribution in [2.45, 2.75) is 23.5 Å². The first-order valence-corrected chi connectivity index (χ1v) is 4.17. The summed E-state index contributed by atoms with van der Waals surface area (Å²) in [7, 11) is 0.889. The second kappa shape index (κ2) is 4.80. The highest BCUT2D eigenvalue weighted by Crippen LogP contribution is 2.27. The molecule has 0 aromatic carbocycles. The number of carboxylic acid groups (broad SMARTS) is 1. The molecule has 2 atom stereocenters.